The number of hydrogen-bond acceptors (Lipinski definition) is 3. The summed E-state index contributed by atoms with van der Waals surface area (Å²) in [6, 6.07) is 0. The van der Waals surface area contributed by atoms with Gasteiger partial charge in [0, 0.05) is 11.8 Å². The minimum absolute atomic E-state index is 0.0260. The van der Waals surface area contributed by atoms with Crippen LogP contribution in [0.15, 0.2) is 23.5 Å². The van der Waals surface area contributed by atoms with Crippen LogP contribution in [-0.4, -0.2) is 17.7 Å². The molecule has 0 radical (unpaired) electrons. The van der Waals surface area contributed by atoms with Gasteiger partial charge in [-0.2, -0.15) is 0 Å². The molecule has 2 unspecified atom stereocenters. The summed E-state index contributed by atoms with van der Waals surface area (Å²) in [7, 11) is 0. The van der Waals surface area contributed by atoms with Crippen LogP contribution in [0.1, 0.15) is 151 Å². The monoisotopic (exact) mass is 490 g/mol. The van der Waals surface area contributed by atoms with Crippen molar-refractivity contribution in [1.29, 1.82) is 0 Å². The van der Waals surface area contributed by atoms with Gasteiger partial charge in [0.15, 0.2) is 0 Å². The number of esters is 1. The first-order chi connectivity index (χ1) is 16.7. The van der Waals surface area contributed by atoms with Gasteiger partial charge in [-0.3, -0.25) is 4.79 Å². The van der Waals surface area contributed by atoms with Crippen LogP contribution >= 0.6 is 0 Å². The molecule has 0 fully saturated rings. The molecule has 1 rings (SSSR count). The molecule has 35 heavy (non-hydrogen) atoms. The third-order valence-corrected chi connectivity index (χ3v) is 8.43. The van der Waals surface area contributed by atoms with Crippen LogP contribution in [0.3, 0.4) is 0 Å². The van der Waals surface area contributed by atoms with E-state index in [1.54, 1.807) is 0 Å². The molecule has 0 saturated heterocycles. The predicted molar refractivity (Wildman–Crippen MR) is 151 cm³/mol. The lowest BCUT2D eigenvalue weighted by atomic mass is 9.60. The average Bonchev–Trinajstić information content (AvgIpc) is 2.81. The first-order valence-electron chi connectivity index (χ1n) is 14.9. The number of unbranched alkanes of at least 4 members (excludes halogenated alkanes) is 12. The Labute approximate surface area is 218 Å². The van der Waals surface area contributed by atoms with E-state index in [9.17, 15) is 9.90 Å². The minimum Gasteiger partial charge on any atom is -0.512 e. The maximum atomic E-state index is 11.7. The molecule has 204 valence electrons. The Kier molecular flexibility index (Phi) is 15.7. The van der Waals surface area contributed by atoms with E-state index in [0.717, 1.165) is 19.3 Å². The fraction of sp³-hybridized carbons (Fsp3) is 0.844. The van der Waals surface area contributed by atoms with Gasteiger partial charge >= 0.3 is 5.97 Å². The van der Waals surface area contributed by atoms with Gasteiger partial charge in [0.25, 0.3) is 0 Å². The second-order valence-corrected chi connectivity index (χ2v) is 12.1. The van der Waals surface area contributed by atoms with Gasteiger partial charge in [-0.05, 0) is 36.7 Å². The van der Waals surface area contributed by atoms with Crippen LogP contribution in [-0.2, 0) is 9.53 Å². The van der Waals surface area contributed by atoms with E-state index >= 15 is 0 Å². The molecule has 0 amide bonds. The summed E-state index contributed by atoms with van der Waals surface area (Å²) in [6.45, 7) is 13.4. The summed E-state index contributed by atoms with van der Waals surface area (Å²) in [4.78, 5) is 11.7. The Bertz CT molecular complexity index is 640. The van der Waals surface area contributed by atoms with Crippen molar-refractivity contribution in [1.82, 2.24) is 0 Å². The van der Waals surface area contributed by atoms with Gasteiger partial charge in [0.05, 0.1) is 12.4 Å². The van der Waals surface area contributed by atoms with Gasteiger partial charge in [-0.25, -0.2) is 0 Å². The molecule has 1 N–H and O–H groups in total. The summed E-state index contributed by atoms with van der Waals surface area (Å²) in [5, 5.41) is 10.7. The zero-order valence-electron chi connectivity index (χ0n) is 24.2. The molecule has 0 spiro atoms. The smallest absolute Gasteiger partial charge is 0.305 e. The Morgan fingerprint density at radius 2 is 1.40 bits per heavy atom. The van der Waals surface area contributed by atoms with Crippen LogP contribution in [0.2, 0.25) is 0 Å². The van der Waals surface area contributed by atoms with Gasteiger partial charge in [0.1, 0.15) is 0 Å². The number of carbonyl (C=O) groups is 1. The molecule has 3 nitrogen and oxygen atoms in total. The molecule has 0 aromatic heterocycles. The molecule has 0 aliphatic heterocycles. The SMILES string of the molecule is CCCCCCCCCCCCCCCC(CCOC(=O)CC)C1=CC=C(O)C(C)(C(C)(C)C)C1. The van der Waals surface area contributed by atoms with E-state index in [2.05, 4.69) is 40.7 Å². The Morgan fingerprint density at radius 3 is 1.89 bits per heavy atom. The van der Waals surface area contributed by atoms with Gasteiger partial charge in [-0.1, -0.05) is 137 Å². The van der Waals surface area contributed by atoms with Gasteiger partial charge < -0.3 is 9.84 Å². The van der Waals surface area contributed by atoms with Crippen molar-refractivity contribution < 1.29 is 14.6 Å². The molecule has 1 aliphatic carbocycles. The number of ether oxygens (including phenoxy) is 1. The van der Waals surface area contributed by atoms with E-state index in [4.69, 9.17) is 4.74 Å². The molecule has 2 atom stereocenters. The highest BCUT2D eigenvalue weighted by molar-refractivity contribution is 5.68. The normalized spacial score (nSPS) is 19.3. The lowest BCUT2D eigenvalue weighted by molar-refractivity contribution is -0.143. The zero-order valence-corrected chi connectivity index (χ0v) is 24.2. The summed E-state index contributed by atoms with van der Waals surface area (Å²) in [5.74, 6) is 0.795. The number of hydrogen-bond donors (Lipinski definition) is 1. The van der Waals surface area contributed by atoms with E-state index < -0.39 is 0 Å². The maximum Gasteiger partial charge on any atom is 0.305 e. The third-order valence-electron chi connectivity index (χ3n) is 8.43. The van der Waals surface area contributed by atoms with Crippen LogP contribution < -0.4 is 0 Å². The van der Waals surface area contributed by atoms with Crippen molar-refractivity contribution >= 4 is 5.97 Å². The van der Waals surface area contributed by atoms with E-state index in [-0.39, 0.29) is 16.8 Å². The van der Waals surface area contributed by atoms with Gasteiger partial charge in [-0.15, -0.1) is 0 Å². The summed E-state index contributed by atoms with van der Waals surface area (Å²) in [5.41, 5.74) is 1.12. The number of aliphatic hydroxyl groups is 1. The first kappa shape index (κ1) is 31.8. The van der Waals surface area contributed by atoms with Crippen molar-refractivity contribution in [2.75, 3.05) is 6.61 Å². The summed E-state index contributed by atoms with van der Waals surface area (Å²) >= 11 is 0. The number of carbonyl (C=O) groups excluding carboxylic acids is 1. The molecular weight excluding hydrogens is 432 g/mol. The molecular formula is C32H58O3. The Morgan fingerprint density at radius 1 is 0.886 bits per heavy atom. The molecule has 1 aliphatic rings. The van der Waals surface area contributed by atoms with E-state index in [0.29, 0.717) is 24.7 Å². The first-order valence-corrected chi connectivity index (χ1v) is 14.9. The van der Waals surface area contributed by atoms with Crippen LogP contribution in [0.4, 0.5) is 0 Å². The van der Waals surface area contributed by atoms with E-state index in [1.165, 1.54) is 89.0 Å². The van der Waals surface area contributed by atoms with Crippen LogP contribution in [0, 0.1) is 16.7 Å². The summed E-state index contributed by atoms with van der Waals surface area (Å²) < 4.78 is 5.44. The summed E-state index contributed by atoms with van der Waals surface area (Å²) in [6.07, 6.45) is 25.2. The van der Waals surface area contributed by atoms with Crippen LogP contribution in [0.25, 0.3) is 0 Å². The molecule has 0 heterocycles. The zero-order chi connectivity index (χ0) is 26.2. The Balaban J connectivity index is 2.43. The maximum absolute atomic E-state index is 11.7. The topological polar surface area (TPSA) is 46.5 Å². The van der Waals surface area contributed by atoms with Gasteiger partial charge in [0.2, 0.25) is 0 Å². The van der Waals surface area contributed by atoms with Crippen molar-refractivity contribution in [3.8, 4) is 0 Å². The molecule has 3 heteroatoms. The fourth-order valence-corrected chi connectivity index (χ4v) is 5.20. The highest BCUT2D eigenvalue weighted by Crippen LogP contribution is 2.51. The van der Waals surface area contributed by atoms with Crippen molar-refractivity contribution in [2.24, 2.45) is 16.7 Å². The predicted octanol–water partition coefficient (Wildman–Crippen LogP) is 10.3. The van der Waals surface area contributed by atoms with E-state index in [1.807, 2.05) is 13.0 Å². The Hall–Kier alpha value is -1.25. The standard InChI is InChI=1S/C32H58O3/c1-7-9-10-11-12-13-14-15-16-17-18-19-20-21-27(24-25-35-30(34)8-2)28-22-23-29(33)32(6,26-28)31(3,4)5/h22-23,27,33H,7-21,24-26H2,1-6H3. The fourth-order valence-electron chi connectivity index (χ4n) is 5.20. The highest BCUT2D eigenvalue weighted by atomic mass is 16.5. The molecule has 0 saturated carbocycles. The second-order valence-electron chi connectivity index (χ2n) is 12.1. The largest absolute Gasteiger partial charge is 0.512 e. The minimum atomic E-state index is -0.259. The number of aliphatic hydroxyl groups excluding tert-OH is 1. The number of allylic oxidation sites excluding steroid dienone is 4. The quantitative estimate of drug-likeness (QED) is 0.145. The lowest BCUT2D eigenvalue weighted by Crippen LogP contribution is -2.37. The van der Waals surface area contributed by atoms with Crippen molar-refractivity contribution in [3.05, 3.63) is 23.5 Å². The van der Waals surface area contributed by atoms with Crippen molar-refractivity contribution in [3.63, 3.8) is 0 Å². The third kappa shape index (κ3) is 12.0. The number of rotatable bonds is 19. The molecule has 0 aromatic carbocycles. The molecule has 0 bridgehead atoms. The second kappa shape index (κ2) is 17.2. The van der Waals surface area contributed by atoms with Crippen molar-refractivity contribution in [2.45, 2.75) is 151 Å². The van der Waals surface area contributed by atoms with Crippen LogP contribution in [0.5, 0.6) is 0 Å². The highest BCUT2D eigenvalue weighted by Gasteiger charge is 2.43. The lowest BCUT2D eigenvalue weighted by Gasteiger charge is -2.44. The molecule has 0 aromatic rings. The average molecular weight is 491 g/mol.